The lowest BCUT2D eigenvalue weighted by Crippen LogP contribution is -2.42. The van der Waals surface area contributed by atoms with Gasteiger partial charge in [0.15, 0.2) is 5.89 Å². The Bertz CT molecular complexity index is 1250. The molecule has 9 heteroatoms. The number of aromatic nitrogens is 3. The minimum atomic E-state index is -0.703. The molecule has 1 N–H and O–H groups in total. The van der Waals surface area contributed by atoms with Crippen LogP contribution in [0.5, 0.6) is 0 Å². The summed E-state index contributed by atoms with van der Waals surface area (Å²) in [5, 5.41) is 9.46. The van der Waals surface area contributed by atoms with Gasteiger partial charge in [0.2, 0.25) is 0 Å². The number of hydrogen-bond donors (Lipinski definition) is 1. The Hall–Kier alpha value is -3.36. The summed E-state index contributed by atoms with van der Waals surface area (Å²) in [5.74, 6) is 1.45. The predicted octanol–water partition coefficient (Wildman–Crippen LogP) is 4.84. The number of aliphatic carboxylic acids is 1. The number of aryl methyl sites for hydroxylation is 4. The fourth-order valence-electron chi connectivity index (χ4n) is 5.74. The zero-order valence-electron chi connectivity index (χ0n) is 20.5. The van der Waals surface area contributed by atoms with Crippen LogP contribution in [-0.4, -0.2) is 44.9 Å². The second kappa shape index (κ2) is 9.36. The number of oxazole rings is 1. The van der Waals surface area contributed by atoms with Crippen molar-refractivity contribution in [2.45, 2.75) is 77.3 Å². The minimum absolute atomic E-state index is 0.0509. The van der Waals surface area contributed by atoms with Crippen LogP contribution in [0.15, 0.2) is 22.7 Å². The first kappa shape index (κ1) is 23.4. The molecule has 0 spiro atoms. The monoisotopic (exact) mass is 480 g/mol. The van der Waals surface area contributed by atoms with E-state index in [0.29, 0.717) is 31.6 Å². The highest BCUT2D eigenvalue weighted by atomic mass is 16.5. The van der Waals surface area contributed by atoms with Crippen molar-refractivity contribution in [3.63, 3.8) is 0 Å². The van der Waals surface area contributed by atoms with Crippen LogP contribution in [-0.2, 0) is 28.8 Å². The molecule has 0 radical (unpaired) electrons. The summed E-state index contributed by atoms with van der Waals surface area (Å²) in [5.41, 5.74) is 3.90. The van der Waals surface area contributed by atoms with E-state index in [1.165, 1.54) is 7.11 Å². The van der Waals surface area contributed by atoms with Crippen molar-refractivity contribution < 1.29 is 23.8 Å². The number of benzene rings is 1. The van der Waals surface area contributed by atoms with Gasteiger partial charge in [0.25, 0.3) is 0 Å². The van der Waals surface area contributed by atoms with Crippen molar-refractivity contribution in [1.82, 2.24) is 14.5 Å². The number of amides is 1. The van der Waals surface area contributed by atoms with Crippen molar-refractivity contribution in [3.05, 3.63) is 41.4 Å². The normalized spacial score (nSPS) is 22.3. The van der Waals surface area contributed by atoms with E-state index in [-0.39, 0.29) is 24.1 Å². The predicted molar refractivity (Wildman–Crippen MR) is 130 cm³/mol. The molecule has 5 rings (SSSR count). The van der Waals surface area contributed by atoms with Crippen molar-refractivity contribution in [3.8, 4) is 0 Å². The van der Waals surface area contributed by atoms with E-state index in [4.69, 9.17) is 14.1 Å². The van der Waals surface area contributed by atoms with Gasteiger partial charge in [0.05, 0.1) is 35.9 Å². The van der Waals surface area contributed by atoms with Crippen molar-refractivity contribution >= 4 is 28.8 Å². The van der Waals surface area contributed by atoms with E-state index >= 15 is 0 Å². The lowest BCUT2D eigenvalue weighted by molar-refractivity contribution is -0.143. The van der Waals surface area contributed by atoms with Gasteiger partial charge >= 0.3 is 12.1 Å². The summed E-state index contributed by atoms with van der Waals surface area (Å²) in [6, 6.07) is 4.31. The number of anilines is 1. The van der Waals surface area contributed by atoms with Crippen LogP contribution in [0, 0.1) is 12.8 Å². The van der Waals surface area contributed by atoms with Crippen LogP contribution in [0.1, 0.15) is 68.1 Å². The molecule has 1 saturated carbocycles. The highest BCUT2D eigenvalue weighted by molar-refractivity contribution is 5.95. The lowest BCUT2D eigenvalue weighted by Gasteiger charge is -2.34. The summed E-state index contributed by atoms with van der Waals surface area (Å²) in [6.07, 6.45) is 7.39. The second-order valence-electron chi connectivity index (χ2n) is 9.75. The first-order valence-corrected chi connectivity index (χ1v) is 12.4. The molecular weight excluding hydrogens is 448 g/mol. The Balaban J connectivity index is 1.56. The van der Waals surface area contributed by atoms with E-state index in [2.05, 4.69) is 15.6 Å². The molecular formula is C26H32N4O5. The molecule has 3 heterocycles. The molecule has 1 fully saturated rings. The molecule has 9 nitrogen and oxygen atoms in total. The van der Waals surface area contributed by atoms with E-state index in [9.17, 15) is 14.7 Å². The molecule has 2 aliphatic rings. The molecule has 1 aliphatic carbocycles. The number of rotatable bonds is 5. The van der Waals surface area contributed by atoms with Gasteiger partial charge in [-0.25, -0.2) is 14.8 Å². The third-order valence-corrected chi connectivity index (χ3v) is 7.57. The summed E-state index contributed by atoms with van der Waals surface area (Å²) in [7, 11) is 1.41. The number of methoxy groups -OCH3 is 1. The number of carboxylic acid groups (broad SMARTS) is 1. The SMILES string of the molecule is COC(=O)N1c2ccc3c(nc(CCc4cnc(C)o4)n3C3CCC(C(=O)O)CC3)c2CC[C@@H]1C. The highest BCUT2D eigenvalue weighted by Gasteiger charge is 2.33. The van der Waals surface area contributed by atoms with E-state index in [0.717, 1.165) is 59.6 Å². The van der Waals surface area contributed by atoms with E-state index < -0.39 is 5.97 Å². The number of carbonyl (C=O) groups excluding carboxylic acids is 1. The summed E-state index contributed by atoms with van der Waals surface area (Å²) < 4.78 is 13.1. The maximum Gasteiger partial charge on any atom is 0.414 e. The summed E-state index contributed by atoms with van der Waals surface area (Å²) in [4.78, 5) is 35.1. The summed E-state index contributed by atoms with van der Waals surface area (Å²) in [6.45, 7) is 3.87. The molecule has 1 atom stereocenters. The maximum atomic E-state index is 12.6. The van der Waals surface area contributed by atoms with Gasteiger partial charge in [-0.15, -0.1) is 0 Å². The van der Waals surface area contributed by atoms with Gasteiger partial charge in [-0.3, -0.25) is 9.69 Å². The standard InChI is InChI=1S/C26H32N4O5/c1-15-4-10-20-21(29(15)26(33)34-3)11-12-22-24(20)28-23(13-9-19-14-27-16(2)35-19)30(22)18-7-5-17(6-8-18)25(31)32/h11-12,14-15,17-18H,4-10,13H2,1-3H3,(H,31,32)/t15-,17?,18?/m0/s1. The number of hydrogen-bond acceptors (Lipinski definition) is 6. The van der Waals surface area contributed by atoms with E-state index in [1.54, 1.807) is 11.1 Å². The molecule has 35 heavy (non-hydrogen) atoms. The Morgan fingerprint density at radius 3 is 2.60 bits per heavy atom. The fraction of sp³-hybridized carbons (Fsp3) is 0.538. The molecule has 1 aliphatic heterocycles. The van der Waals surface area contributed by atoms with E-state index in [1.807, 2.05) is 19.9 Å². The Morgan fingerprint density at radius 2 is 1.94 bits per heavy atom. The number of imidazole rings is 1. The molecule has 0 unspecified atom stereocenters. The van der Waals surface area contributed by atoms with Gasteiger partial charge in [-0.1, -0.05) is 0 Å². The Morgan fingerprint density at radius 1 is 1.17 bits per heavy atom. The largest absolute Gasteiger partial charge is 0.481 e. The van der Waals surface area contributed by atoms with Crippen LogP contribution in [0.25, 0.3) is 11.0 Å². The fourth-order valence-corrected chi connectivity index (χ4v) is 5.74. The minimum Gasteiger partial charge on any atom is -0.481 e. The van der Waals surface area contributed by atoms with Gasteiger partial charge < -0.3 is 18.8 Å². The zero-order chi connectivity index (χ0) is 24.7. The number of nitrogens with zero attached hydrogens (tertiary/aromatic N) is 4. The first-order chi connectivity index (χ1) is 16.9. The zero-order valence-corrected chi connectivity index (χ0v) is 20.5. The van der Waals surface area contributed by atoms with Crippen molar-refractivity contribution in [1.29, 1.82) is 0 Å². The van der Waals surface area contributed by atoms with Crippen LogP contribution in [0.3, 0.4) is 0 Å². The molecule has 2 aromatic heterocycles. The second-order valence-corrected chi connectivity index (χ2v) is 9.75. The van der Waals surface area contributed by atoms with Crippen LogP contribution in [0.2, 0.25) is 0 Å². The Kier molecular flexibility index (Phi) is 6.25. The summed E-state index contributed by atoms with van der Waals surface area (Å²) >= 11 is 0. The van der Waals surface area contributed by atoms with Gasteiger partial charge in [-0.05, 0) is 57.6 Å². The highest BCUT2D eigenvalue weighted by Crippen LogP contribution is 2.40. The third-order valence-electron chi connectivity index (χ3n) is 7.57. The number of fused-ring (bicyclic) bond motifs is 3. The van der Waals surface area contributed by atoms with Crippen LogP contribution >= 0.6 is 0 Å². The lowest BCUT2D eigenvalue weighted by atomic mass is 9.85. The van der Waals surface area contributed by atoms with Crippen LogP contribution in [0.4, 0.5) is 10.5 Å². The topological polar surface area (TPSA) is 111 Å². The van der Waals surface area contributed by atoms with Gasteiger partial charge in [0.1, 0.15) is 11.6 Å². The van der Waals surface area contributed by atoms with Crippen LogP contribution < -0.4 is 4.90 Å². The molecule has 3 aromatic rings. The molecule has 1 amide bonds. The van der Waals surface area contributed by atoms with Crippen molar-refractivity contribution in [2.24, 2.45) is 5.92 Å². The molecule has 0 bridgehead atoms. The number of carbonyl (C=O) groups is 2. The first-order valence-electron chi connectivity index (χ1n) is 12.4. The Labute approximate surface area is 204 Å². The van der Waals surface area contributed by atoms with Gasteiger partial charge in [-0.2, -0.15) is 0 Å². The van der Waals surface area contributed by atoms with Gasteiger partial charge in [0, 0.05) is 37.4 Å². The average Bonchev–Trinajstić information content (AvgIpc) is 3.45. The van der Waals surface area contributed by atoms with Crippen molar-refractivity contribution in [2.75, 3.05) is 12.0 Å². The molecule has 0 saturated heterocycles. The quantitative estimate of drug-likeness (QED) is 0.556. The third kappa shape index (κ3) is 4.28. The number of ether oxygens (including phenoxy) is 1. The molecule has 1 aromatic carbocycles. The maximum absolute atomic E-state index is 12.6. The smallest absolute Gasteiger partial charge is 0.414 e. The average molecular weight is 481 g/mol. The molecule has 186 valence electrons. The number of carboxylic acids is 1.